The van der Waals surface area contributed by atoms with Crippen LogP contribution in [-0.2, 0) is 4.57 Å². The summed E-state index contributed by atoms with van der Waals surface area (Å²) in [4.78, 5) is 18.1. The van der Waals surface area contributed by atoms with E-state index in [-0.39, 0.29) is 18.2 Å². The van der Waals surface area contributed by atoms with E-state index in [0.717, 1.165) is 32.1 Å². The van der Waals surface area contributed by atoms with Gasteiger partial charge in [0.25, 0.3) is 0 Å². The molecular weight excluding hydrogens is 239 g/mol. The van der Waals surface area contributed by atoms with Gasteiger partial charge in [-0.25, -0.2) is 0 Å². The predicted molar refractivity (Wildman–Crippen MR) is 72.2 cm³/mol. The van der Waals surface area contributed by atoms with Crippen LogP contribution in [-0.4, -0.2) is 27.7 Å². The molecule has 5 heteroatoms. The van der Waals surface area contributed by atoms with E-state index in [1.807, 2.05) is 13.8 Å². The van der Waals surface area contributed by atoms with Gasteiger partial charge in [0.1, 0.15) is 0 Å². The average Bonchev–Trinajstić information content (AvgIpc) is 2.24. The van der Waals surface area contributed by atoms with Crippen LogP contribution in [0.15, 0.2) is 0 Å². The summed E-state index contributed by atoms with van der Waals surface area (Å²) < 4.78 is 11.0. The molecule has 106 valence electrons. The number of hydrogen-bond donors (Lipinski definition) is 3. The van der Waals surface area contributed by atoms with Crippen molar-refractivity contribution in [2.24, 2.45) is 5.41 Å². The van der Waals surface area contributed by atoms with Crippen molar-refractivity contribution >= 4 is 7.60 Å². The summed E-state index contributed by atoms with van der Waals surface area (Å²) in [6.07, 6.45) is 4.84. The quantitative estimate of drug-likeness (QED) is 0.620. The molecule has 0 aromatic heterocycles. The summed E-state index contributed by atoms with van der Waals surface area (Å²) in [5.41, 5.74) is -0.144. The van der Waals surface area contributed by atoms with Crippen LogP contribution in [0.2, 0.25) is 0 Å². The molecule has 0 aliphatic rings. The molecule has 0 radical (unpaired) electrons. The van der Waals surface area contributed by atoms with E-state index in [0.29, 0.717) is 0 Å². The smallest absolute Gasteiger partial charge is 0.326 e. The average molecular weight is 268 g/mol. The SMILES string of the molecule is CCCCC(CC)(CC)CP(=O)(O)O.CCO. The molecule has 0 aromatic carbocycles. The summed E-state index contributed by atoms with van der Waals surface area (Å²) in [7, 11) is -3.86. The highest BCUT2D eigenvalue weighted by Crippen LogP contribution is 2.47. The number of aliphatic hydroxyl groups excluding tert-OH is 1. The fourth-order valence-corrected chi connectivity index (χ4v) is 3.37. The van der Waals surface area contributed by atoms with Crippen LogP contribution in [0.4, 0.5) is 0 Å². The van der Waals surface area contributed by atoms with Gasteiger partial charge in [-0.05, 0) is 31.6 Å². The van der Waals surface area contributed by atoms with Crippen LogP contribution < -0.4 is 0 Å². The Balaban J connectivity index is 0. The minimum Gasteiger partial charge on any atom is -0.397 e. The minimum atomic E-state index is -3.86. The Morgan fingerprint density at radius 2 is 1.47 bits per heavy atom. The Labute approximate surface area is 106 Å². The van der Waals surface area contributed by atoms with Crippen molar-refractivity contribution in [2.75, 3.05) is 12.8 Å². The van der Waals surface area contributed by atoms with Crippen LogP contribution >= 0.6 is 7.60 Å². The van der Waals surface area contributed by atoms with Gasteiger partial charge in [-0.3, -0.25) is 4.57 Å². The van der Waals surface area contributed by atoms with Gasteiger partial charge in [-0.2, -0.15) is 0 Å². The molecule has 0 saturated heterocycles. The third-order valence-corrected chi connectivity index (χ3v) is 4.18. The maximum absolute atomic E-state index is 11.0. The molecule has 0 atom stereocenters. The zero-order valence-electron chi connectivity index (χ0n) is 11.6. The van der Waals surface area contributed by atoms with E-state index in [1.165, 1.54) is 0 Å². The van der Waals surface area contributed by atoms with Crippen molar-refractivity contribution in [1.82, 2.24) is 0 Å². The van der Waals surface area contributed by atoms with Crippen LogP contribution in [0.3, 0.4) is 0 Å². The fourth-order valence-electron chi connectivity index (χ4n) is 1.89. The number of aliphatic hydroxyl groups is 1. The van der Waals surface area contributed by atoms with Crippen LogP contribution in [0.25, 0.3) is 0 Å². The lowest BCUT2D eigenvalue weighted by Crippen LogP contribution is -2.23. The highest BCUT2D eigenvalue weighted by molar-refractivity contribution is 7.51. The highest BCUT2D eigenvalue weighted by atomic mass is 31.2. The number of hydrogen-bond acceptors (Lipinski definition) is 2. The Kier molecular flexibility index (Phi) is 11.5. The molecule has 0 amide bonds. The molecule has 4 nitrogen and oxygen atoms in total. The maximum atomic E-state index is 11.0. The van der Waals surface area contributed by atoms with E-state index in [2.05, 4.69) is 6.92 Å². The first-order valence-electron chi connectivity index (χ1n) is 6.46. The Morgan fingerprint density at radius 3 is 1.71 bits per heavy atom. The highest BCUT2D eigenvalue weighted by Gasteiger charge is 2.33. The largest absolute Gasteiger partial charge is 0.397 e. The van der Waals surface area contributed by atoms with E-state index in [9.17, 15) is 4.57 Å². The van der Waals surface area contributed by atoms with Crippen LogP contribution in [0.5, 0.6) is 0 Å². The summed E-state index contributed by atoms with van der Waals surface area (Å²) in [6, 6.07) is 0. The van der Waals surface area contributed by atoms with Gasteiger partial charge < -0.3 is 14.9 Å². The molecule has 0 spiro atoms. The van der Waals surface area contributed by atoms with Crippen molar-refractivity contribution in [3.05, 3.63) is 0 Å². The fraction of sp³-hybridized carbons (Fsp3) is 1.00. The normalized spacial score (nSPS) is 11.9. The zero-order valence-corrected chi connectivity index (χ0v) is 12.5. The van der Waals surface area contributed by atoms with Crippen molar-refractivity contribution < 1.29 is 19.5 Å². The summed E-state index contributed by atoms with van der Waals surface area (Å²) in [5.74, 6) is 0. The van der Waals surface area contributed by atoms with Gasteiger partial charge in [0.05, 0.1) is 6.16 Å². The lowest BCUT2D eigenvalue weighted by atomic mass is 9.80. The van der Waals surface area contributed by atoms with Gasteiger partial charge in [0.15, 0.2) is 0 Å². The van der Waals surface area contributed by atoms with Gasteiger partial charge in [-0.1, -0.05) is 33.6 Å². The number of rotatable bonds is 7. The Morgan fingerprint density at radius 1 is 1.06 bits per heavy atom. The molecule has 0 heterocycles. The van der Waals surface area contributed by atoms with Crippen molar-refractivity contribution in [2.45, 2.75) is 59.8 Å². The second-order valence-electron chi connectivity index (χ2n) is 4.45. The molecule has 17 heavy (non-hydrogen) atoms. The zero-order chi connectivity index (χ0) is 13.9. The topological polar surface area (TPSA) is 77.8 Å². The third kappa shape index (κ3) is 11.0. The summed E-state index contributed by atoms with van der Waals surface area (Å²) in [5, 5.41) is 7.57. The molecular formula is C12H29O4P. The van der Waals surface area contributed by atoms with E-state index in [1.54, 1.807) is 6.92 Å². The first-order chi connectivity index (χ1) is 7.80. The maximum Gasteiger partial charge on any atom is 0.326 e. The number of unbranched alkanes of at least 4 members (excludes halogenated alkanes) is 1. The van der Waals surface area contributed by atoms with Gasteiger partial charge >= 0.3 is 7.60 Å². The second kappa shape index (κ2) is 10.1. The molecule has 0 fully saturated rings. The molecule has 0 saturated carbocycles. The van der Waals surface area contributed by atoms with Gasteiger partial charge in [-0.15, -0.1) is 0 Å². The molecule has 0 aliphatic heterocycles. The van der Waals surface area contributed by atoms with Gasteiger partial charge in [0.2, 0.25) is 0 Å². The van der Waals surface area contributed by atoms with Crippen molar-refractivity contribution in [1.29, 1.82) is 0 Å². The van der Waals surface area contributed by atoms with Crippen molar-refractivity contribution in [3.63, 3.8) is 0 Å². The molecule has 0 aliphatic carbocycles. The lowest BCUT2D eigenvalue weighted by molar-refractivity contribution is 0.245. The first-order valence-corrected chi connectivity index (χ1v) is 8.26. The van der Waals surface area contributed by atoms with E-state index in [4.69, 9.17) is 14.9 Å². The van der Waals surface area contributed by atoms with E-state index >= 15 is 0 Å². The Hall–Kier alpha value is 0.110. The van der Waals surface area contributed by atoms with Gasteiger partial charge in [0, 0.05) is 6.61 Å². The minimum absolute atomic E-state index is 0.0486. The molecule has 0 aromatic rings. The standard InChI is InChI=1S/C10H23O3P.C2H6O/c1-4-7-8-10(5-2,6-3)9-14(11,12)13;1-2-3/h4-9H2,1-3H3,(H2,11,12,13);3H,2H2,1H3. The monoisotopic (exact) mass is 268 g/mol. The lowest BCUT2D eigenvalue weighted by Gasteiger charge is -2.31. The summed E-state index contributed by atoms with van der Waals surface area (Å²) in [6.45, 7) is 8.08. The molecule has 3 N–H and O–H groups in total. The predicted octanol–water partition coefficient (Wildman–Crippen LogP) is 3.16. The first kappa shape index (κ1) is 19.4. The third-order valence-electron chi connectivity index (χ3n) is 3.10. The van der Waals surface area contributed by atoms with Crippen LogP contribution in [0, 0.1) is 5.41 Å². The van der Waals surface area contributed by atoms with Crippen molar-refractivity contribution in [3.8, 4) is 0 Å². The molecule has 0 unspecified atom stereocenters. The molecule has 0 bridgehead atoms. The summed E-state index contributed by atoms with van der Waals surface area (Å²) >= 11 is 0. The Bertz CT molecular complexity index is 209. The van der Waals surface area contributed by atoms with Crippen LogP contribution in [0.1, 0.15) is 59.8 Å². The molecule has 0 rings (SSSR count). The van der Waals surface area contributed by atoms with E-state index < -0.39 is 7.60 Å². The second-order valence-corrected chi connectivity index (χ2v) is 6.10.